The highest BCUT2D eigenvalue weighted by Crippen LogP contribution is 2.08. The molecule has 13 heavy (non-hydrogen) atoms. The Bertz CT molecular complexity index is 284. The number of nitrogens with two attached hydrogens (primary N) is 1. The first-order chi connectivity index (χ1) is 6.03. The molecule has 1 rings (SSSR count). The number of pyridine rings is 1. The molecule has 0 radical (unpaired) electrons. The van der Waals surface area contributed by atoms with Crippen LogP contribution in [0.15, 0.2) is 18.3 Å². The summed E-state index contributed by atoms with van der Waals surface area (Å²) in [5, 5.41) is 8.97. The summed E-state index contributed by atoms with van der Waals surface area (Å²) in [4.78, 5) is 4.18. The van der Waals surface area contributed by atoms with E-state index in [0.29, 0.717) is 6.42 Å². The van der Waals surface area contributed by atoms with E-state index in [1.165, 1.54) is 5.56 Å². The van der Waals surface area contributed by atoms with Gasteiger partial charge in [-0.05, 0) is 31.5 Å². The van der Waals surface area contributed by atoms with Crippen molar-refractivity contribution in [2.45, 2.75) is 25.8 Å². The van der Waals surface area contributed by atoms with Crippen molar-refractivity contribution in [3.05, 3.63) is 29.6 Å². The van der Waals surface area contributed by atoms with E-state index in [4.69, 9.17) is 10.8 Å². The summed E-state index contributed by atoms with van der Waals surface area (Å²) in [7, 11) is 0. The average Bonchev–Trinajstić information content (AvgIpc) is 2.03. The summed E-state index contributed by atoms with van der Waals surface area (Å²) in [6, 6.07) is 3.93. The van der Waals surface area contributed by atoms with Gasteiger partial charge in [-0.1, -0.05) is 0 Å². The van der Waals surface area contributed by atoms with Crippen LogP contribution in [-0.4, -0.2) is 22.2 Å². The van der Waals surface area contributed by atoms with Gasteiger partial charge in [-0.25, -0.2) is 0 Å². The molecular formula is C10H16N2O. The number of aryl methyl sites for hydroxylation is 1. The summed E-state index contributed by atoms with van der Waals surface area (Å²) in [6.07, 6.45) is 2.36. The molecule has 0 spiro atoms. The normalized spacial score (nSPS) is 15.4. The van der Waals surface area contributed by atoms with Crippen LogP contribution in [0.25, 0.3) is 0 Å². The van der Waals surface area contributed by atoms with Gasteiger partial charge in [0, 0.05) is 23.9 Å². The van der Waals surface area contributed by atoms with Crippen LogP contribution >= 0.6 is 0 Å². The number of hydrogen-bond acceptors (Lipinski definition) is 3. The molecule has 0 aliphatic carbocycles. The first kappa shape index (κ1) is 10.2. The largest absolute Gasteiger partial charge is 0.394 e. The summed E-state index contributed by atoms with van der Waals surface area (Å²) < 4.78 is 0. The SMILES string of the molecule is Cc1ccnc(CC(C)(N)CO)c1. The molecule has 0 bridgehead atoms. The second-order valence-corrected chi connectivity index (χ2v) is 3.81. The third kappa shape index (κ3) is 3.13. The summed E-state index contributed by atoms with van der Waals surface area (Å²) in [5.74, 6) is 0. The van der Waals surface area contributed by atoms with E-state index >= 15 is 0 Å². The fourth-order valence-electron chi connectivity index (χ4n) is 1.17. The zero-order valence-corrected chi connectivity index (χ0v) is 8.12. The van der Waals surface area contributed by atoms with Gasteiger partial charge < -0.3 is 10.8 Å². The van der Waals surface area contributed by atoms with Gasteiger partial charge in [0.2, 0.25) is 0 Å². The third-order valence-electron chi connectivity index (χ3n) is 1.92. The van der Waals surface area contributed by atoms with Crippen LogP contribution in [0.1, 0.15) is 18.2 Å². The van der Waals surface area contributed by atoms with Crippen molar-refractivity contribution in [2.24, 2.45) is 5.73 Å². The maximum absolute atomic E-state index is 8.97. The second-order valence-electron chi connectivity index (χ2n) is 3.81. The molecular weight excluding hydrogens is 164 g/mol. The predicted octanol–water partition coefficient (Wildman–Crippen LogP) is 0.642. The van der Waals surface area contributed by atoms with Gasteiger partial charge in [-0.2, -0.15) is 0 Å². The van der Waals surface area contributed by atoms with E-state index in [1.807, 2.05) is 26.0 Å². The zero-order valence-electron chi connectivity index (χ0n) is 8.12. The van der Waals surface area contributed by atoms with E-state index in [-0.39, 0.29) is 6.61 Å². The van der Waals surface area contributed by atoms with E-state index in [0.717, 1.165) is 5.69 Å². The number of aliphatic hydroxyl groups excluding tert-OH is 1. The highest BCUT2D eigenvalue weighted by Gasteiger charge is 2.18. The Morgan fingerprint density at radius 2 is 2.31 bits per heavy atom. The van der Waals surface area contributed by atoms with Gasteiger partial charge in [-0.3, -0.25) is 4.98 Å². The Kier molecular flexibility index (Phi) is 3.01. The predicted molar refractivity (Wildman–Crippen MR) is 52.4 cm³/mol. The van der Waals surface area contributed by atoms with Crippen molar-refractivity contribution in [3.63, 3.8) is 0 Å². The quantitative estimate of drug-likeness (QED) is 0.717. The maximum Gasteiger partial charge on any atom is 0.0612 e. The van der Waals surface area contributed by atoms with Crippen molar-refractivity contribution in [3.8, 4) is 0 Å². The van der Waals surface area contributed by atoms with Crippen LogP contribution in [0.2, 0.25) is 0 Å². The van der Waals surface area contributed by atoms with Gasteiger partial charge in [0.05, 0.1) is 6.61 Å². The Balaban J connectivity index is 2.74. The molecule has 3 heteroatoms. The first-order valence-electron chi connectivity index (χ1n) is 4.35. The molecule has 72 valence electrons. The van der Waals surface area contributed by atoms with Crippen molar-refractivity contribution < 1.29 is 5.11 Å². The van der Waals surface area contributed by atoms with Crippen LogP contribution < -0.4 is 5.73 Å². The zero-order chi connectivity index (χ0) is 9.90. The van der Waals surface area contributed by atoms with E-state index < -0.39 is 5.54 Å². The molecule has 1 atom stereocenters. The van der Waals surface area contributed by atoms with E-state index in [9.17, 15) is 0 Å². The molecule has 1 unspecified atom stereocenters. The summed E-state index contributed by atoms with van der Waals surface area (Å²) in [6.45, 7) is 3.80. The topological polar surface area (TPSA) is 59.1 Å². The third-order valence-corrected chi connectivity index (χ3v) is 1.92. The molecule has 0 aromatic carbocycles. The van der Waals surface area contributed by atoms with Crippen molar-refractivity contribution in [2.75, 3.05) is 6.61 Å². The van der Waals surface area contributed by atoms with Crippen LogP contribution in [-0.2, 0) is 6.42 Å². The number of aliphatic hydroxyl groups is 1. The number of rotatable bonds is 3. The lowest BCUT2D eigenvalue weighted by Gasteiger charge is -2.20. The maximum atomic E-state index is 8.97. The van der Waals surface area contributed by atoms with Gasteiger partial charge >= 0.3 is 0 Å². The molecule has 1 aromatic rings. The van der Waals surface area contributed by atoms with Gasteiger partial charge in [0.15, 0.2) is 0 Å². The molecule has 0 saturated heterocycles. The molecule has 0 fully saturated rings. The van der Waals surface area contributed by atoms with Gasteiger partial charge in [-0.15, -0.1) is 0 Å². The molecule has 3 N–H and O–H groups in total. The molecule has 0 aliphatic rings. The molecule has 1 aromatic heterocycles. The average molecular weight is 180 g/mol. The van der Waals surface area contributed by atoms with Gasteiger partial charge in [0.25, 0.3) is 0 Å². The number of aromatic nitrogens is 1. The van der Waals surface area contributed by atoms with Crippen molar-refractivity contribution in [1.29, 1.82) is 0 Å². The monoisotopic (exact) mass is 180 g/mol. The van der Waals surface area contributed by atoms with Crippen molar-refractivity contribution in [1.82, 2.24) is 4.98 Å². The molecule has 3 nitrogen and oxygen atoms in total. The lowest BCUT2D eigenvalue weighted by molar-refractivity contribution is 0.207. The smallest absolute Gasteiger partial charge is 0.0612 e. The molecule has 0 amide bonds. The van der Waals surface area contributed by atoms with E-state index in [2.05, 4.69) is 4.98 Å². The Morgan fingerprint density at radius 1 is 1.62 bits per heavy atom. The molecule has 0 aliphatic heterocycles. The Hall–Kier alpha value is -0.930. The summed E-state index contributed by atoms with van der Waals surface area (Å²) >= 11 is 0. The van der Waals surface area contributed by atoms with Crippen LogP contribution in [0.4, 0.5) is 0 Å². The minimum Gasteiger partial charge on any atom is -0.394 e. The Morgan fingerprint density at radius 3 is 2.85 bits per heavy atom. The second kappa shape index (κ2) is 3.85. The summed E-state index contributed by atoms with van der Waals surface area (Å²) in [5.41, 5.74) is 7.33. The lowest BCUT2D eigenvalue weighted by Crippen LogP contribution is -2.42. The standard InChI is InChI=1S/C10H16N2O/c1-8-3-4-12-9(5-8)6-10(2,11)7-13/h3-5,13H,6-7,11H2,1-2H3. The Labute approximate surface area is 78.6 Å². The minimum atomic E-state index is -0.569. The molecule has 1 heterocycles. The van der Waals surface area contributed by atoms with Gasteiger partial charge in [0.1, 0.15) is 0 Å². The number of nitrogens with zero attached hydrogens (tertiary/aromatic N) is 1. The lowest BCUT2D eigenvalue weighted by atomic mass is 9.97. The molecule has 0 saturated carbocycles. The fourth-order valence-corrected chi connectivity index (χ4v) is 1.17. The first-order valence-corrected chi connectivity index (χ1v) is 4.35. The highest BCUT2D eigenvalue weighted by atomic mass is 16.3. The van der Waals surface area contributed by atoms with E-state index in [1.54, 1.807) is 6.20 Å². The van der Waals surface area contributed by atoms with Crippen LogP contribution in [0.5, 0.6) is 0 Å². The fraction of sp³-hybridized carbons (Fsp3) is 0.500. The minimum absolute atomic E-state index is 0.0252. The van der Waals surface area contributed by atoms with Crippen molar-refractivity contribution >= 4 is 0 Å². The number of hydrogen-bond donors (Lipinski definition) is 2. The van der Waals surface area contributed by atoms with Crippen LogP contribution in [0.3, 0.4) is 0 Å². The van der Waals surface area contributed by atoms with Crippen LogP contribution in [0, 0.1) is 6.92 Å². The highest BCUT2D eigenvalue weighted by molar-refractivity contribution is 5.16.